The van der Waals surface area contributed by atoms with Crippen molar-refractivity contribution in [2.45, 2.75) is 68.3 Å². The number of hydrogen-bond donors (Lipinski definition) is 1. The van der Waals surface area contributed by atoms with E-state index < -0.39 is 56.1 Å². The zero-order valence-electron chi connectivity index (χ0n) is 20.2. The molecule has 0 radical (unpaired) electrons. The Bertz CT molecular complexity index is 1040. The number of nitrogens with one attached hydrogen (secondary N) is 1. The number of ether oxygens (including phenoxy) is 1. The Hall–Kier alpha value is -1.86. The zero-order valence-corrected chi connectivity index (χ0v) is 21.0. The van der Waals surface area contributed by atoms with Crippen LogP contribution in [0, 0.1) is 5.92 Å². The van der Waals surface area contributed by atoms with E-state index in [1.54, 1.807) is 0 Å². The maximum atomic E-state index is 13.2. The minimum atomic E-state index is -5.03. The molecule has 6 nitrogen and oxygen atoms in total. The number of hydrogen-bond acceptors (Lipinski definition) is 5. The first-order chi connectivity index (χ1) is 16.5. The highest BCUT2D eigenvalue weighted by Gasteiger charge is 2.54. The summed E-state index contributed by atoms with van der Waals surface area (Å²) in [5.74, 6) is -0.721. The SMILES string of the molecule is CC1COCCC1N(C)[C@@H]1CCC(C(=O)NCc2cc(C(F)(F)F)cc(C(F)(F)F)c2)(S(C)(=O)=O)C1. The highest BCUT2D eigenvalue weighted by molar-refractivity contribution is 7.92. The lowest BCUT2D eigenvalue weighted by Gasteiger charge is -2.40. The van der Waals surface area contributed by atoms with Crippen molar-refractivity contribution in [2.75, 3.05) is 26.5 Å². The van der Waals surface area contributed by atoms with Gasteiger partial charge in [-0.15, -0.1) is 0 Å². The van der Waals surface area contributed by atoms with Crippen LogP contribution in [0.1, 0.15) is 49.3 Å². The van der Waals surface area contributed by atoms with Crippen molar-refractivity contribution in [3.8, 4) is 0 Å². The van der Waals surface area contributed by atoms with E-state index in [-0.39, 0.29) is 36.9 Å². The quantitative estimate of drug-likeness (QED) is 0.548. The van der Waals surface area contributed by atoms with E-state index in [0.29, 0.717) is 31.8 Å². The molecule has 0 aromatic heterocycles. The Balaban J connectivity index is 1.81. The van der Waals surface area contributed by atoms with Crippen molar-refractivity contribution < 1.29 is 44.3 Å². The molecule has 1 amide bonds. The van der Waals surface area contributed by atoms with Gasteiger partial charge in [0.25, 0.3) is 0 Å². The molecular formula is C23H30F6N2O4S. The van der Waals surface area contributed by atoms with Crippen molar-refractivity contribution in [1.29, 1.82) is 0 Å². The van der Waals surface area contributed by atoms with Crippen LogP contribution >= 0.6 is 0 Å². The maximum Gasteiger partial charge on any atom is 0.416 e. The zero-order chi connectivity index (χ0) is 27.1. The third-order valence-electron chi connectivity index (χ3n) is 7.37. The lowest BCUT2D eigenvalue weighted by atomic mass is 9.94. The van der Waals surface area contributed by atoms with E-state index in [2.05, 4.69) is 10.2 Å². The number of sulfone groups is 1. The lowest BCUT2D eigenvalue weighted by molar-refractivity contribution is -0.143. The molecule has 1 N–H and O–H groups in total. The number of nitrogens with zero attached hydrogens (tertiary/aromatic N) is 1. The van der Waals surface area contributed by atoms with Crippen LogP contribution in [0.4, 0.5) is 26.3 Å². The van der Waals surface area contributed by atoms with E-state index >= 15 is 0 Å². The third-order valence-corrected chi connectivity index (χ3v) is 9.34. The van der Waals surface area contributed by atoms with E-state index in [9.17, 15) is 39.6 Å². The van der Waals surface area contributed by atoms with Gasteiger partial charge in [-0.2, -0.15) is 26.3 Å². The second-order valence-corrected chi connectivity index (χ2v) is 12.2. The average molecular weight is 545 g/mol. The molecular weight excluding hydrogens is 514 g/mol. The molecule has 2 aliphatic rings. The van der Waals surface area contributed by atoms with Crippen molar-refractivity contribution in [2.24, 2.45) is 5.92 Å². The molecule has 3 rings (SSSR count). The lowest BCUT2D eigenvalue weighted by Crippen LogP contribution is -2.52. The molecule has 1 aromatic carbocycles. The van der Waals surface area contributed by atoms with Gasteiger partial charge < -0.3 is 10.1 Å². The van der Waals surface area contributed by atoms with Crippen LogP contribution in [0.3, 0.4) is 0 Å². The topological polar surface area (TPSA) is 75.7 Å². The molecule has 4 atom stereocenters. The van der Waals surface area contributed by atoms with Gasteiger partial charge in [-0.25, -0.2) is 8.42 Å². The Morgan fingerprint density at radius 2 is 1.69 bits per heavy atom. The van der Waals surface area contributed by atoms with Crippen molar-refractivity contribution in [3.05, 3.63) is 34.9 Å². The predicted octanol–water partition coefficient (Wildman–Crippen LogP) is 4.03. The number of rotatable bonds is 6. The summed E-state index contributed by atoms with van der Waals surface area (Å²) in [6.45, 7) is 2.48. The molecule has 13 heteroatoms. The number of halogens is 6. The molecule has 1 aliphatic carbocycles. The van der Waals surface area contributed by atoms with Gasteiger partial charge in [-0.05, 0) is 62.4 Å². The first-order valence-corrected chi connectivity index (χ1v) is 13.4. The van der Waals surface area contributed by atoms with Crippen LogP contribution in [0.2, 0.25) is 0 Å². The van der Waals surface area contributed by atoms with Gasteiger partial charge in [0.1, 0.15) is 0 Å². The summed E-state index contributed by atoms with van der Waals surface area (Å²) in [4.78, 5) is 15.3. The largest absolute Gasteiger partial charge is 0.416 e. The van der Waals surface area contributed by atoms with Crippen LogP contribution in [0.5, 0.6) is 0 Å². The van der Waals surface area contributed by atoms with E-state index in [1.165, 1.54) is 0 Å². The molecule has 1 aromatic rings. The second kappa shape index (κ2) is 10.1. The number of carbonyl (C=O) groups is 1. The number of carbonyl (C=O) groups excluding carboxylic acids is 1. The maximum absolute atomic E-state index is 13.2. The highest BCUT2D eigenvalue weighted by atomic mass is 32.2. The van der Waals surface area contributed by atoms with Gasteiger partial charge in [0, 0.05) is 31.5 Å². The molecule has 2 fully saturated rings. The molecule has 1 saturated heterocycles. The van der Waals surface area contributed by atoms with Gasteiger partial charge in [-0.3, -0.25) is 9.69 Å². The average Bonchev–Trinajstić information content (AvgIpc) is 3.23. The van der Waals surface area contributed by atoms with Crippen LogP contribution in [-0.2, 0) is 38.3 Å². The van der Waals surface area contributed by atoms with Crippen molar-refractivity contribution >= 4 is 15.7 Å². The summed E-state index contributed by atoms with van der Waals surface area (Å²) in [6, 6.07) is 0.924. The van der Waals surface area contributed by atoms with E-state index in [1.807, 2.05) is 14.0 Å². The summed E-state index contributed by atoms with van der Waals surface area (Å²) in [6.07, 6.45) is -7.99. The van der Waals surface area contributed by atoms with Crippen LogP contribution in [-0.4, -0.2) is 62.6 Å². The standard InChI is InChI=1S/C23H30F6N2O4S/c1-14-13-35-7-5-19(14)31(2)18-4-6-21(11-18,36(3,33)34)20(32)30-12-15-8-16(22(24,25)26)10-17(9-15)23(27,28)29/h8-10,14,18-19H,4-7,11-13H2,1-3H3,(H,30,32)/t14?,18-,19?,21?/m1/s1. The smallest absolute Gasteiger partial charge is 0.381 e. The van der Waals surface area contributed by atoms with Crippen LogP contribution in [0.15, 0.2) is 18.2 Å². The summed E-state index contributed by atoms with van der Waals surface area (Å²) < 4.78 is 108. The summed E-state index contributed by atoms with van der Waals surface area (Å²) in [7, 11) is -2.09. The predicted molar refractivity (Wildman–Crippen MR) is 120 cm³/mol. The van der Waals surface area contributed by atoms with E-state index in [4.69, 9.17) is 4.74 Å². The fourth-order valence-electron chi connectivity index (χ4n) is 5.25. The highest BCUT2D eigenvalue weighted by Crippen LogP contribution is 2.41. The van der Waals surface area contributed by atoms with Gasteiger partial charge in [0.05, 0.1) is 17.7 Å². The summed E-state index contributed by atoms with van der Waals surface area (Å²) in [5.41, 5.74) is -3.45. The van der Waals surface area contributed by atoms with Crippen LogP contribution in [0.25, 0.3) is 0 Å². The number of alkyl halides is 6. The fourth-order valence-corrected chi connectivity index (χ4v) is 6.65. The molecule has 1 aliphatic heterocycles. The third kappa shape index (κ3) is 5.99. The molecule has 0 bridgehead atoms. The van der Waals surface area contributed by atoms with Gasteiger partial charge >= 0.3 is 12.4 Å². The first kappa shape index (κ1) is 28.7. The molecule has 1 heterocycles. The van der Waals surface area contributed by atoms with Gasteiger partial charge in [0.15, 0.2) is 14.6 Å². The number of benzene rings is 1. The monoisotopic (exact) mass is 544 g/mol. The Kier molecular flexibility index (Phi) is 8.08. The minimum absolute atomic E-state index is 0.000661. The molecule has 3 unspecified atom stereocenters. The van der Waals surface area contributed by atoms with Gasteiger partial charge in [-0.1, -0.05) is 6.92 Å². The fraction of sp³-hybridized carbons (Fsp3) is 0.696. The summed E-state index contributed by atoms with van der Waals surface area (Å²) >= 11 is 0. The first-order valence-electron chi connectivity index (χ1n) is 11.5. The summed E-state index contributed by atoms with van der Waals surface area (Å²) in [5, 5.41) is 2.30. The normalized spacial score (nSPS) is 27.9. The van der Waals surface area contributed by atoms with Gasteiger partial charge in [0.2, 0.25) is 5.91 Å². The molecule has 204 valence electrons. The molecule has 1 saturated carbocycles. The Morgan fingerprint density at radius 3 is 2.19 bits per heavy atom. The van der Waals surface area contributed by atoms with Crippen molar-refractivity contribution in [3.63, 3.8) is 0 Å². The Labute approximate surface area is 206 Å². The number of amides is 1. The van der Waals surface area contributed by atoms with Crippen LogP contribution < -0.4 is 5.32 Å². The Morgan fingerprint density at radius 1 is 1.11 bits per heavy atom. The van der Waals surface area contributed by atoms with Crippen molar-refractivity contribution in [1.82, 2.24) is 10.2 Å². The second-order valence-electron chi connectivity index (χ2n) is 9.83. The minimum Gasteiger partial charge on any atom is -0.381 e. The molecule has 36 heavy (non-hydrogen) atoms. The molecule has 0 spiro atoms. The van der Waals surface area contributed by atoms with E-state index in [0.717, 1.165) is 12.7 Å².